The van der Waals surface area contributed by atoms with Crippen LogP contribution in [-0.4, -0.2) is 11.6 Å². The van der Waals surface area contributed by atoms with Crippen molar-refractivity contribution in [1.82, 2.24) is 0 Å². The molecule has 0 saturated carbocycles. The second kappa shape index (κ2) is 6.46. The van der Waals surface area contributed by atoms with Crippen molar-refractivity contribution in [2.45, 2.75) is 20.8 Å². The van der Waals surface area contributed by atoms with Crippen molar-refractivity contribution in [3.63, 3.8) is 0 Å². The van der Waals surface area contributed by atoms with E-state index in [-0.39, 0.29) is 0 Å². The van der Waals surface area contributed by atoms with Gasteiger partial charge in [0.15, 0.2) is 0 Å². The first-order chi connectivity index (χ1) is 7.36. The van der Waals surface area contributed by atoms with Crippen LogP contribution in [-0.2, 0) is 0 Å². The van der Waals surface area contributed by atoms with Crippen LogP contribution in [0.3, 0.4) is 0 Å². The summed E-state index contributed by atoms with van der Waals surface area (Å²) in [4.78, 5) is 4.40. The van der Waals surface area contributed by atoms with Gasteiger partial charge in [0.1, 0.15) is 0 Å². The van der Waals surface area contributed by atoms with Gasteiger partial charge in [-0.2, -0.15) is 0 Å². The lowest BCUT2D eigenvalue weighted by molar-refractivity contribution is 1.26. The van der Waals surface area contributed by atoms with Crippen LogP contribution in [0.4, 0.5) is 0 Å². The van der Waals surface area contributed by atoms with Crippen LogP contribution in [0.2, 0.25) is 0 Å². The molecule has 80 valence electrons. The number of rotatable bonds is 1. The van der Waals surface area contributed by atoms with E-state index >= 15 is 0 Å². The fourth-order valence-corrected chi connectivity index (χ4v) is 1.90. The molecule has 1 heterocycles. The molecule has 1 aliphatic heterocycles. The van der Waals surface area contributed by atoms with Crippen molar-refractivity contribution in [3.05, 3.63) is 41.3 Å². The largest absolute Gasteiger partial charge is 0.278 e. The van der Waals surface area contributed by atoms with Crippen molar-refractivity contribution in [3.8, 4) is 0 Å². The third kappa shape index (κ3) is 3.56. The van der Waals surface area contributed by atoms with Gasteiger partial charge in [-0.3, -0.25) is 4.99 Å². The summed E-state index contributed by atoms with van der Waals surface area (Å²) in [5, 5.41) is 3.34. The summed E-state index contributed by atoms with van der Waals surface area (Å²) >= 11 is 1.71. The lowest BCUT2D eigenvalue weighted by Gasteiger charge is -2.09. The molecule has 2 heteroatoms. The highest BCUT2D eigenvalue weighted by molar-refractivity contribution is 8.16. The van der Waals surface area contributed by atoms with E-state index in [9.17, 15) is 0 Å². The van der Waals surface area contributed by atoms with Gasteiger partial charge in [-0.1, -0.05) is 55.9 Å². The maximum absolute atomic E-state index is 4.40. The van der Waals surface area contributed by atoms with Crippen LogP contribution < -0.4 is 0 Å². The minimum Gasteiger partial charge on any atom is -0.278 e. The Hall–Kier alpha value is -1.02. The first kappa shape index (κ1) is 12.1. The minimum atomic E-state index is 0.822. The van der Waals surface area contributed by atoms with Gasteiger partial charge in [0.2, 0.25) is 0 Å². The molecule has 0 saturated heterocycles. The van der Waals surface area contributed by atoms with E-state index in [4.69, 9.17) is 0 Å². The van der Waals surface area contributed by atoms with E-state index in [0.717, 1.165) is 11.6 Å². The van der Waals surface area contributed by atoms with Crippen LogP contribution >= 0.6 is 11.8 Å². The Morgan fingerprint density at radius 2 is 1.80 bits per heavy atom. The highest BCUT2D eigenvalue weighted by Gasteiger charge is 2.05. The van der Waals surface area contributed by atoms with Crippen molar-refractivity contribution in [2.75, 3.05) is 6.54 Å². The van der Waals surface area contributed by atoms with E-state index in [0.29, 0.717) is 0 Å². The zero-order valence-electron chi connectivity index (χ0n) is 9.53. The number of hydrogen-bond acceptors (Lipinski definition) is 2. The molecule has 0 aromatic heterocycles. The predicted molar refractivity (Wildman–Crippen MR) is 71.3 cm³/mol. The first-order valence-corrected chi connectivity index (χ1v) is 6.16. The minimum absolute atomic E-state index is 0.822. The van der Waals surface area contributed by atoms with Crippen molar-refractivity contribution >= 4 is 22.4 Å². The Kier molecular flexibility index (Phi) is 5.19. The predicted octanol–water partition coefficient (Wildman–Crippen LogP) is 4.22. The standard InChI is InChI=1S/C11H11NS.C2H6/c1-9-12-7-11(8-13-9)10-5-3-2-4-6-10;1-2/h2-6,8H,7H2,1H3;1-2H3. The summed E-state index contributed by atoms with van der Waals surface area (Å²) < 4.78 is 0. The maximum Gasteiger partial charge on any atom is 0.0691 e. The van der Waals surface area contributed by atoms with Crippen LogP contribution in [0.15, 0.2) is 40.7 Å². The molecule has 0 unspecified atom stereocenters. The molecule has 15 heavy (non-hydrogen) atoms. The highest BCUT2D eigenvalue weighted by atomic mass is 32.2. The Balaban J connectivity index is 0.000000531. The zero-order chi connectivity index (χ0) is 11.1. The number of aliphatic imine (C=N–C) groups is 1. The summed E-state index contributed by atoms with van der Waals surface area (Å²) in [5.74, 6) is 0. The Morgan fingerprint density at radius 1 is 1.13 bits per heavy atom. The average Bonchev–Trinajstić information content (AvgIpc) is 2.34. The van der Waals surface area contributed by atoms with Gasteiger partial charge in [-0.05, 0) is 23.5 Å². The molecule has 0 N–H and O–H groups in total. The average molecular weight is 219 g/mol. The molecule has 1 aliphatic rings. The molecule has 1 aromatic carbocycles. The normalized spacial score (nSPS) is 14.6. The van der Waals surface area contributed by atoms with Gasteiger partial charge in [0.25, 0.3) is 0 Å². The van der Waals surface area contributed by atoms with E-state index in [2.05, 4.69) is 34.7 Å². The smallest absolute Gasteiger partial charge is 0.0691 e. The zero-order valence-corrected chi connectivity index (χ0v) is 10.3. The maximum atomic E-state index is 4.40. The van der Waals surface area contributed by atoms with Crippen LogP contribution in [0, 0.1) is 0 Å². The van der Waals surface area contributed by atoms with Crippen molar-refractivity contribution < 1.29 is 0 Å². The molecular formula is C13H17NS. The second-order valence-corrected chi connectivity index (χ2v) is 4.02. The fraction of sp³-hybridized carbons (Fsp3) is 0.308. The molecule has 2 rings (SSSR count). The topological polar surface area (TPSA) is 12.4 Å². The number of hydrogen-bond donors (Lipinski definition) is 0. The molecule has 1 nitrogen and oxygen atoms in total. The SMILES string of the molecule is CC.CC1=NCC(c2ccccc2)=CS1. The van der Waals surface area contributed by atoms with E-state index in [1.807, 2.05) is 26.8 Å². The number of nitrogens with zero attached hydrogens (tertiary/aromatic N) is 1. The summed E-state index contributed by atoms with van der Waals surface area (Å²) in [5.41, 5.74) is 2.60. The Bertz CT molecular complexity index is 352. The van der Waals surface area contributed by atoms with Crippen LogP contribution in [0.5, 0.6) is 0 Å². The van der Waals surface area contributed by atoms with Gasteiger partial charge in [-0.25, -0.2) is 0 Å². The quantitative estimate of drug-likeness (QED) is 0.689. The summed E-state index contributed by atoms with van der Waals surface area (Å²) in [6.07, 6.45) is 0. The van der Waals surface area contributed by atoms with E-state index in [1.165, 1.54) is 11.1 Å². The van der Waals surface area contributed by atoms with Gasteiger partial charge >= 0.3 is 0 Å². The summed E-state index contributed by atoms with van der Waals surface area (Å²) in [6.45, 7) is 6.87. The lowest BCUT2D eigenvalue weighted by Crippen LogP contribution is -1.96. The molecular weight excluding hydrogens is 202 g/mol. The molecule has 0 atom stereocenters. The molecule has 0 aliphatic carbocycles. The molecule has 0 fully saturated rings. The first-order valence-electron chi connectivity index (χ1n) is 5.28. The van der Waals surface area contributed by atoms with Gasteiger partial charge < -0.3 is 0 Å². The van der Waals surface area contributed by atoms with Crippen molar-refractivity contribution in [2.24, 2.45) is 4.99 Å². The molecule has 1 aromatic rings. The molecule has 0 amide bonds. The molecule has 0 radical (unpaired) electrons. The van der Waals surface area contributed by atoms with E-state index < -0.39 is 0 Å². The third-order valence-electron chi connectivity index (χ3n) is 1.99. The number of thioether (sulfide) groups is 1. The van der Waals surface area contributed by atoms with Crippen LogP contribution in [0.25, 0.3) is 5.57 Å². The Labute approximate surface area is 96.3 Å². The van der Waals surface area contributed by atoms with Gasteiger partial charge in [0.05, 0.1) is 11.6 Å². The summed E-state index contributed by atoms with van der Waals surface area (Å²) in [6, 6.07) is 10.4. The van der Waals surface area contributed by atoms with Crippen LogP contribution in [0.1, 0.15) is 26.3 Å². The third-order valence-corrected chi connectivity index (χ3v) is 2.86. The van der Waals surface area contributed by atoms with E-state index in [1.54, 1.807) is 11.8 Å². The fourth-order valence-electron chi connectivity index (χ4n) is 1.24. The Morgan fingerprint density at radius 3 is 2.33 bits per heavy atom. The molecule has 0 spiro atoms. The molecule has 0 bridgehead atoms. The summed E-state index contributed by atoms with van der Waals surface area (Å²) in [7, 11) is 0. The lowest BCUT2D eigenvalue weighted by atomic mass is 10.1. The van der Waals surface area contributed by atoms with Crippen molar-refractivity contribution in [1.29, 1.82) is 0 Å². The monoisotopic (exact) mass is 219 g/mol. The second-order valence-electron chi connectivity index (χ2n) is 2.96. The van der Waals surface area contributed by atoms with Gasteiger partial charge in [-0.15, -0.1) is 0 Å². The number of benzene rings is 1. The van der Waals surface area contributed by atoms with Gasteiger partial charge in [0, 0.05) is 0 Å². The highest BCUT2D eigenvalue weighted by Crippen LogP contribution is 2.23.